The molecule has 0 saturated carbocycles. The number of halogens is 3. The monoisotopic (exact) mass is 466 g/mol. The third kappa shape index (κ3) is 5.45. The van der Waals surface area contributed by atoms with E-state index >= 15 is 0 Å². The van der Waals surface area contributed by atoms with Crippen molar-refractivity contribution in [3.8, 4) is 5.75 Å². The number of carbonyl (C=O) groups excluding carboxylic acids is 2. The Morgan fingerprint density at radius 2 is 1.87 bits per heavy atom. The van der Waals surface area contributed by atoms with Gasteiger partial charge in [0.1, 0.15) is 10.1 Å². The van der Waals surface area contributed by atoms with E-state index in [1.165, 1.54) is 30.2 Å². The van der Waals surface area contributed by atoms with Gasteiger partial charge in [-0.3, -0.25) is 14.5 Å². The van der Waals surface area contributed by atoms with Crippen LogP contribution in [-0.4, -0.2) is 34.7 Å². The number of thioether (sulfide) groups is 1. The predicted octanol–water partition coefficient (Wildman–Crippen LogP) is 4.94. The molecule has 1 heterocycles. The summed E-state index contributed by atoms with van der Waals surface area (Å²) in [6.45, 7) is -0.0477. The Bertz CT molecular complexity index is 1050. The summed E-state index contributed by atoms with van der Waals surface area (Å²) >= 11 is 6.33. The van der Waals surface area contributed by atoms with Crippen molar-refractivity contribution in [1.82, 2.24) is 4.90 Å². The SMILES string of the molecule is COc1ccccc1C=C1SC(=S)N(CCC(=O)Nc2ccccc2C(F)(F)F)C1=O. The van der Waals surface area contributed by atoms with E-state index in [2.05, 4.69) is 5.32 Å². The molecule has 1 aliphatic rings. The number of amides is 2. The molecule has 0 atom stereocenters. The predicted molar refractivity (Wildman–Crippen MR) is 118 cm³/mol. The van der Waals surface area contributed by atoms with E-state index in [-0.39, 0.29) is 28.9 Å². The number of thiocarbonyl (C=S) groups is 1. The lowest BCUT2D eigenvalue weighted by atomic mass is 10.1. The van der Waals surface area contributed by atoms with Crippen LogP contribution in [0.15, 0.2) is 53.4 Å². The van der Waals surface area contributed by atoms with Crippen LogP contribution in [0.25, 0.3) is 6.08 Å². The molecule has 1 N–H and O–H groups in total. The number of ether oxygens (including phenoxy) is 1. The molecule has 3 rings (SSSR count). The Morgan fingerprint density at radius 1 is 1.19 bits per heavy atom. The van der Waals surface area contributed by atoms with E-state index in [0.29, 0.717) is 16.2 Å². The fraction of sp³-hybridized carbons (Fsp3) is 0.190. The molecule has 2 amide bonds. The first kappa shape index (κ1) is 22.8. The van der Waals surface area contributed by atoms with Crippen molar-refractivity contribution in [1.29, 1.82) is 0 Å². The van der Waals surface area contributed by atoms with Crippen LogP contribution in [0.3, 0.4) is 0 Å². The fourth-order valence-electron chi connectivity index (χ4n) is 2.89. The number of methoxy groups -OCH3 is 1. The molecule has 2 aromatic carbocycles. The molecule has 0 radical (unpaired) electrons. The van der Waals surface area contributed by atoms with Crippen molar-refractivity contribution in [3.05, 3.63) is 64.6 Å². The van der Waals surface area contributed by atoms with Gasteiger partial charge in [-0.15, -0.1) is 0 Å². The van der Waals surface area contributed by atoms with E-state index in [4.69, 9.17) is 17.0 Å². The Morgan fingerprint density at radius 3 is 2.58 bits per heavy atom. The number of benzene rings is 2. The number of nitrogens with one attached hydrogen (secondary N) is 1. The summed E-state index contributed by atoms with van der Waals surface area (Å²) in [7, 11) is 1.52. The number of carbonyl (C=O) groups is 2. The van der Waals surface area contributed by atoms with Gasteiger partial charge < -0.3 is 10.1 Å². The second kappa shape index (κ2) is 9.52. The number of anilines is 1. The molecule has 5 nitrogen and oxygen atoms in total. The minimum Gasteiger partial charge on any atom is -0.496 e. The summed E-state index contributed by atoms with van der Waals surface area (Å²) in [5.74, 6) is -0.431. The lowest BCUT2D eigenvalue weighted by Gasteiger charge is -2.16. The zero-order valence-electron chi connectivity index (χ0n) is 16.2. The highest BCUT2D eigenvalue weighted by Crippen LogP contribution is 2.35. The first-order valence-electron chi connectivity index (χ1n) is 9.05. The van der Waals surface area contributed by atoms with Gasteiger partial charge in [-0.1, -0.05) is 54.3 Å². The largest absolute Gasteiger partial charge is 0.496 e. The number of para-hydroxylation sites is 2. The Balaban J connectivity index is 1.66. The molecule has 0 bridgehead atoms. The van der Waals surface area contributed by atoms with E-state index in [9.17, 15) is 22.8 Å². The average Bonchev–Trinajstić information content (AvgIpc) is 2.99. The molecule has 0 unspecified atom stereocenters. The third-order valence-electron chi connectivity index (χ3n) is 4.37. The van der Waals surface area contributed by atoms with Crippen molar-refractivity contribution in [2.24, 2.45) is 0 Å². The van der Waals surface area contributed by atoms with Crippen LogP contribution < -0.4 is 10.1 Å². The number of nitrogens with zero attached hydrogens (tertiary/aromatic N) is 1. The van der Waals surface area contributed by atoms with Crippen LogP contribution in [0.2, 0.25) is 0 Å². The van der Waals surface area contributed by atoms with E-state index in [1.807, 2.05) is 0 Å². The Hall–Kier alpha value is -2.85. The Kier molecular flexibility index (Phi) is 7.01. The molecule has 1 fully saturated rings. The number of hydrogen-bond donors (Lipinski definition) is 1. The van der Waals surface area contributed by atoms with Gasteiger partial charge in [0.05, 0.1) is 23.3 Å². The topological polar surface area (TPSA) is 58.6 Å². The van der Waals surface area contributed by atoms with Crippen molar-refractivity contribution in [2.45, 2.75) is 12.6 Å². The maximum atomic E-state index is 13.1. The van der Waals surface area contributed by atoms with Gasteiger partial charge in [0.25, 0.3) is 5.91 Å². The second-order valence-electron chi connectivity index (χ2n) is 6.42. The normalized spacial score (nSPS) is 15.5. The van der Waals surface area contributed by atoms with E-state index in [0.717, 1.165) is 17.8 Å². The number of rotatable bonds is 6. The third-order valence-corrected chi connectivity index (χ3v) is 5.75. The summed E-state index contributed by atoms with van der Waals surface area (Å²) < 4.78 is 44.8. The first-order chi connectivity index (χ1) is 14.7. The summed E-state index contributed by atoms with van der Waals surface area (Å²) in [6, 6.07) is 11.9. The summed E-state index contributed by atoms with van der Waals surface area (Å²) in [4.78, 5) is 26.6. The smallest absolute Gasteiger partial charge is 0.418 e. The second-order valence-corrected chi connectivity index (χ2v) is 8.09. The van der Waals surface area contributed by atoms with Gasteiger partial charge in [0.2, 0.25) is 5.91 Å². The molecule has 31 heavy (non-hydrogen) atoms. The standard InChI is InChI=1S/C21H17F3N2O3S2/c1-29-16-9-5-2-6-13(16)12-17-19(28)26(20(30)31-17)11-10-18(27)25-15-8-4-3-7-14(15)21(22,23)24/h2-9,12H,10-11H2,1H3,(H,25,27). The van der Waals surface area contributed by atoms with Crippen molar-refractivity contribution < 1.29 is 27.5 Å². The van der Waals surface area contributed by atoms with Crippen LogP contribution in [0.5, 0.6) is 5.75 Å². The Labute approximate surface area is 186 Å². The first-order valence-corrected chi connectivity index (χ1v) is 10.3. The fourth-order valence-corrected chi connectivity index (χ4v) is 4.18. The summed E-state index contributed by atoms with van der Waals surface area (Å²) in [5, 5.41) is 2.26. The van der Waals surface area contributed by atoms with Gasteiger partial charge in [0.15, 0.2) is 0 Å². The molecule has 10 heteroatoms. The highest BCUT2D eigenvalue weighted by Gasteiger charge is 2.34. The highest BCUT2D eigenvalue weighted by molar-refractivity contribution is 8.26. The maximum absolute atomic E-state index is 13.1. The molecule has 0 aliphatic carbocycles. The molecule has 0 spiro atoms. The van der Waals surface area contributed by atoms with Crippen LogP contribution in [0.4, 0.5) is 18.9 Å². The van der Waals surface area contributed by atoms with E-state index in [1.54, 1.807) is 30.3 Å². The zero-order chi connectivity index (χ0) is 22.6. The number of hydrogen-bond acceptors (Lipinski definition) is 5. The molecule has 2 aromatic rings. The van der Waals surface area contributed by atoms with Crippen LogP contribution in [0.1, 0.15) is 17.5 Å². The highest BCUT2D eigenvalue weighted by atomic mass is 32.2. The van der Waals surface area contributed by atoms with Gasteiger partial charge in [-0.2, -0.15) is 13.2 Å². The van der Waals surface area contributed by atoms with Crippen LogP contribution in [0, 0.1) is 0 Å². The van der Waals surface area contributed by atoms with Crippen molar-refractivity contribution in [3.63, 3.8) is 0 Å². The molecule has 0 aromatic heterocycles. The molecule has 1 saturated heterocycles. The lowest BCUT2D eigenvalue weighted by Crippen LogP contribution is -2.31. The van der Waals surface area contributed by atoms with Gasteiger partial charge in [-0.25, -0.2) is 0 Å². The number of alkyl halides is 3. The van der Waals surface area contributed by atoms with Crippen LogP contribution >= 0.6 is 24.0 Å². The van der Waals surface area contributed by atoms with Gasteiger partial charge in [0, 0.05) is 18.5 Å². The van der Waals surface area contributed by atoms with E-state index < -0.39 is 17.6 Å². The zero-order valence-corrected chi connectivity index (χ0v) is 17.9. The molecule has 162 valence electrons. The molecule has 1 aliphatic heterocycles. The maximum Gasteiger partial charge on any atom is 0.418 e. The van der Waals surface area contributed by atoms with Gasteiger partial charge >= 0.3 is 6.18 Å². The summed E-state index contributed by atoms with van der Waals surface area (Å²) in [6.07, 6.45) is -3.15. The minimum atomic E-state index is -4.59. The van der Waals surface area contributed by atoms with Crippen molar-refractivity contribution >= 4 is 51.9 Å². The lowest BCUT2D eigenvalue weighted by molar-refractivity contribution is -0.137. The van der Waals surface area contributed by atoms with Gasteiger partial charge in [-0.05, 0) is 24.3 Å². The van der Waals surface area contributed by atoms with Crippen molar-refractivity contribution in [2.75, 3.05) is 19.0 Å². The van der Waals surface area contributed by atoms with Crippen LogP contribution in [-0.2, 0) is 15.8 Å². The molecular weight excluding hydrogens is 449 g/mol. The average molecular weight is 467 g/mol. The quantitative estimate of drug-likeness (QED) is 0.483. The summed E-state index contributed by atoms with van der Waals surface area (Å²) in [5.41, 5.74) is -0.567. The minimum absolute atomic E-state index is 0.0477. The molecular formula is C21H17F3N2O3S2.